The number of nitrogens with one attached hydrogen (secondary N) is 1. The van der Waals surface area contributed by atoms with Gasteiger partial charge in [0.25, 0.3) is 0 Å². The smallest absolute Gasteiger partial charge is 0.239 e. The maximum atomic E-state index is 12.2. The first-order chi connectivity index (χ1) is 9.17. The van der Waals surface area contributed by atoms with Crippen molar-refractivity contribution in [3.63, 3.8) is 0 Å². The molecule has 0 aromatic heterocycles. The average molecular weight is 272 g/mol. The van der Waals surface area contributed by atoms with Gasteiger partial charge in [-0.05, 0) is 6.92 Å². The largest absolute Gasteiger partial charge is 0.378 e. The fourth-order valence-corrected chi connectivity index (χ4v) is 2.45. The van der Waals surface area contributed by atoms with E-state index in [2.05, 4.69) is 5.32 Å². The van der Waals surface area contributed by atoms with Crippen molar-refractivity contribution in [1.29, 1.82) is 0 Å². The summed E-state index contributed by atoms with van der Waals surface area (Å²) in [6.07, 6.45) is 0.870. The molecule has 2 unspecified atom stereocenters. The van der Waals surface area contributed by atoms with Gasteiger partial charge in [0.2, 0.25) is 5.91 Å². The van der Waals surface area contributed by atoms with Crippen LogP contribution in [0.4, 0.5) is 0 Å². The van der Waals surface area contributed by atoms with Crippen LogP contribution in [-0.4, -0.2) is 75.6 Å². The van der Waals surface area contributed by atoms with Crippen LogP contribution in [0.25, 0.3) is 0 Å². The van der Waals surface area contributed by atoms with E-state index in [1.807, 2.05) is 11.8 Å². The molecule has 0 aromatic carbocycles. The molecule has 2 saturated heterocycles. The summed E-state index contributed by atoms with van der Waals surface area (Å²) in [6.45, 7) is 6.49. The fourth-order valence-electron chi connectivity index (χ4n) is 2.45. The van der Waals surface area contributed by atoms with E-state index in [1.54, 1.807) is 7.11 Å². The summed E-state index contributed by atoms with van der Waals surface area (Å²) in [5.41, 5.74) is -0.278. The standard InChI is InChI=1S/C13H24N2O4/c1-11(12(16)15-4-7-18-8-5-15)14-9-13(17-2)3-6-19-10-13/h11,14H,3-10H2,1-2H3. The molecule has 6 heteroatoms. The minimum Gasteiger partial charge on any atom is -0.378 e. The van der Waals surface area contributed by atoms with E-state index in [1.165, 1.54) is 0 Å². The molecule has 0 saturated carbocycles. The average Bonchev–Trinajstić information content (AvgIpc) is 2.94. The van der Waals surface area contributed by atoms with E-state index in [0.717, 1.165) is 13.0 Å². The molecule has 2 heterocycles. The van der Waals surface area contributed by atoms with Gasteiger partial charge in [0.15, 0.2) is 0 Å². The Labute approximate surface area is 114 Å². The first-order valence-electron chi connectivity index (χ1n) is 6.90. The molecule has 2 atom stereocenters. The highest BCUT2D eigenvalue weighted by Crippen LogP contribution is 2.21. The number of nitrogens with zero attached hydrogens (tertiary/aromatic N) is 1. The van der Waals surface area contributed by atoms with Crippen LogP contribution in [0.15, 0.2) is 0 Å². The SMILES string of the molecule is COC1(CNC(C)C(=O)N2CCOCC2)CCOC1. The third-order valence-electron chi connectivity index (χ3n) is 3.92. The molecule has 19 heavy (non-hydrogen) atoms. The summed E-state index contributed by atoms with van der Waals surface area (Å²) < 4.78 is 16.2. The van der Waals surface area contributed by atoms with Gasteiger partial charge in [-0.3, -0.25) is 4.79 Å². The van der Waals surface area contributed by atoms with Crippen LogP contribution in [0.2, 0.25) is 0 Å². The topological polar surface area (TPSA) is 60.0 Å². The Bertz CT molecular complexity index is 299. The molecule has 2 fully saturated rings. The van der Waals surface area contributed by atoms with Gasteiger partial charge in [-0.2, -0.15) is 0 Å². The van der Waals surface area contributed by atoms with E-state index in [-0.39, 0.29) is 17.6 Å². The number of hydrogen-bond acceptors (Lipinski definition) is 5. The van der Waals surface area contributed by atoms with Gasteiger partial charge in [-0.1, -0.05) is 0 Å². The van der Waals surface area contributed by atoms with Crippen molar-refractivity contribution in [2.75, 3.05) is 53.2 Å². The van der Waals surface area contributed by atoms with Gasteiger partial charge >= 0.3 is 0 Å². The van der Waals surface area contributed by atoms with Crippen LogP contribution < -0.4 is 5.32 Å². The highest BCUT2D eigenvalue weighted by atomic mass is 16.5. The maximum Gasteiger partial charge on any atom is 0.239 e. The zero-order valence-electron chi connectivity index (χ0n) is 11.8. The van der Waals surface area contributed by atoms with Gasteiger partial charge in [0.1, 0.15) is 5.60 Å². The first kappa shape index (κ1) is 14.7. The lowest BCUT2D eigenvalue weighted by Crippen LogP contribution is -2.53. The zero-order chi connectivity index (χ0) is 13.7. The monoisotopic (exact) mass is 272 g/mol. The van der Waals surface area contributed by atoms with E-state index in [4.69, 9.17) is 14.2 Å². The van der Waals surface area contributed by atoms with Crippen molar-refractivity contribution in [1.82, 2.24) is 10.2 Å². The molecule has 2 rings (SSSR count). The van der Waals surface area contributed by atoms with Crippen molar-refractivity contribution >= 4 is 5.91 Å². The van der Waals surface area contributed by atoms with Crippen molar-refractivity contribution in [3.8, 4) is 0 Å². The van der Waals surface area contributed by atoms with E-state index < -0.39 is 0 Å². The van der Waals surface area contributed by atoms with Gasteiger partial charge in [0, 0.05) is 39.8 Å². The Morgan fingerprint density at radius 3 is 2.68 bits per heavy atom. The van der Waals surface area contributed by atoms with E-state index in [0.29, 0.717) is 39.5 Å². The third-order valence-corrected chi connectivity index (χ3v) is 3.92. The molecule has 2 aliphatic heterocycles. The minimum atomic E-state index is -0.278. The highest BCUT2D eigenvalue weighted by Gasteiger charge is 2.35. The molecular formula is C13H24N2O4. The first-order valence-corrected chi connectivity index (χ1v) is 6.90. The van der Waals surface area contributed by atoms with Gasteiger partial charge in [-0.25, -0.2) is 0 Å². The molecular weight excluding hydrogens is 248 g/mol. The molecule has 0 aromatic rings. The summed E-state index contributed by atoms with van der Waals surface area (Å²) in [7, 11) is 1.70. The lowest BCUT2D eigenvalue weighted by Gasteiger charge is -2.32. The molecule has 110 valence electrons. The summed E-state index contributed by atoms with van der Waals surface area (Å²) >= 11 is 0. The second-order valence-corrected chi connectivity index (χ2v) is 5.23. The number of carbonyl (C=O) groups excluding carboxylic acids is 1. The predicted molar refractivity (Wildman–Crippen MR) is 70.0 cm³/mol. The third kappa shape index (κ3) is 3.66. The number of rotatable bonds is 5. The van der Waals surface area contributed by atoms with Crippen molar-refractivity contribution in [2.45, 2.75) is 25.0 Å². The molecule has 0 bridgehead atoms. The lowest BCUT2D eigenvalue weighted by molar-refractivity contribution is -0.137. The number of methoxy groups -OCH3 is 1. The molecule has 1 amide bonds. The Morgan fingerprint density at radius 2 is 2.11 bits per heavy atom. The minimum absolute atomic E-state index is 0.133. The summed E-state index contributed by atoms with van der Waals surface area (Å²) in [6, 6.07) is -0.203. The normalized spacial score (nSPS) is 29.5. The second kappa shape index (κ2) is 6.65. The van der Waals surface area contributed by atoms with Crippen molar-refractivity contribution < 1.29 is 19.0 Å². The predicted octanol–water partition coefficient (Wildman–Crippen LogP) is -0.371. The summed E-state index contributed by atoms with van der Waals surface area (Å²) in [4.78, 5) is 14.1. The Balaban J connectivity index is 1.79. The van der Waals surface area contributed by atoms with Crippen LogP contribution in [0, 0.1) is 0 Å². The zero-order valence-corrected chi connectivity index (χ0v) is 11.8. The number of ether oxygens (including phenoxy) is 3. The summed E-state index contributed by atoms with van der Waals surface area (Å²) in [5, 5.41) is 3.28. The number of amides is 1. The fraction of sp³-hybridized carbons (Fsp3) is 0.923. The molecule has 6 nitrogen and oxygen atoms in total. The number of carbonyl (C=O) groups is 1. The molecule has 0 radical (unpaired) electrons. The van der Waals surface area contributed by atoms with Crippen LogP contribution >= 0.6 is 0 Å². The van der Waals surface area contributed by atoms with Crippen LogP contribution in [-0.2, 0) is 19.0 Å². The quantitative estimate of drug-likeness (QED) is 0.740. The molecule has 1 N–H and O–H groups in total. The maximum absolute atomic E-state index is 12.2. The van der Waals surface area contributed by atoms with Crippen LogP contribution in [0.1, 0.15) is 13.3 Å². The number of hydrogen-bond donors (Lipinski definition) is 1. The number of morpholine rings is 1. The van der Waals surface area contributed by atoms with Gasteiger partial charge < -0.3 is 24.4 Å². The van der Waals surface area contributed by atoms with Crippen LogP contribution in [0.3, 0.4) is 0 Å². The Morgan fingerprint density at radius 1 is 1.37 bits per heavy atom. The molecule has 2 aliphatic rings. The van der Waals surface area contributed by atoms with Gasteiger partial charge in [-0.15, -0.1) is 0 Å². The van der Waals surface area contributed by atoms with Crippen LogP contribution in [0.5, 0.6) is 0 Å². The lowest BCUT2D eigenvalue weighted by atomic mass is 10.0. The highest BCUT2D eigenvalue weighted by molar-refractivity contribution is 5.81. The Kier molecular flexibility index (Phi) is 5.15. The summed E-state index contributed by atoms with van der Waals surface area (Å²) in [5.74, 6) is 0.133. The van der Waals surface area contributed by atoms with E-state index >= 15 is 0 Å². The van der Waals surface area contributed by atoms with Crippen molar-refractivity contribution in [2.24, 2.45) is 0 Å². The molecule has 0 aliphatic carbocycles. The molecule has 0 spiro atoms. The Hall–Kier alpha value is -0.690. The van der Waals surface area contributed by atoms with Gasteiger partial charge in [0.05, 0.1) is 25.9 Å². The van der Waals surface area contributed by atoms with Crippen molar-refractivity contribution in [3.05, 3.63) is 0 Å². The van der Waals surface area contributed by atoms with E-state index in [9.17, 15) is 4.79 Å². The second-order valence-electron chi connectivity index (χ2n) is 5.23.